The van der Waals surface area contributed by atoms with Gasteiger partial charge in [0.15, 0.2) is 0 Å². The Balaban J connectivity index is 2.00. The first-order valence-corrected chi connectivity index (χ1v) is 9.14. The number of aromatic nitrogens is 4. The lowest BCUT2D eigenvalue weighted by Crippen LogP contribution is -2.27. The molecule has 1 atom stereocenters. The van der Waals surface area contributed by atoms with Crippen LogP contribution in [0.3, 0.4) is 0 Å². The van der Waals surface area contributed by atoms with Gasteiger partial charge in [0.05, 0.1) is 5.69 Å². The average Bonchev–Trinajstić information content (AvgIpc) is 3.10. The molecule has 0 radical (unpaired) electrons. The second-order valence-electron chi connectivity index (χ2n) is 6.23. The van der Waals surface area contributed by atoms with E-state index in [1.807, 2.05) is 49.4 Å². The van der Waals surface area contributed by atoms with Gasteiger partial charge in [-0.3, -0.25) is 4.79 Å². The van der Waals surface area contributed by atoms with Crippen LogP contribution in [0.5, 0.6) is 0 Å². The number of nitrogens with zero attached hydrogens (tertiary/aromatic N) is 5. The Hall–Kier alpha value is -2.67. The number of amides is 1. The number of likely N-dealkylation sites (N-methyl/N-ethyl adjacent to an activating group) is 1. The van der Waals surface area contributed by atoms with E-state index < -0.39 is 5.25 Å². The third kappa shape index (κ3) is 3.62. The van der Waals surface area contributed by atoms with Crippen molar-refractivity contribution < 1.29 is 4.79 Å². The van der Waals surface area contributed by atoms with Gasteiger partial charge in [-0.05, 0) is 47.0 Å². The molecule has 1 heterocycles. The minimum absolute atomic E-state index is 0.00304. The summed E-state index contributed by atoms with van der Waals surface area (Å²) in [7, 11) is 3.51. The molecule has 0 bridgehead atoms. The second-order valence-corrected chi connectivity index (χ2v) is 7.31. The maximum atomic E-state index is 12.8. The molecule has 0 spiro atoms. The monoisotopic (exact) mass is 367 g/mol. The summed E-state index contributed by atoms with van der Waals surface area (Å²) >= 11 is 1.36. The number of aryl methyl sites for hydroxylation is 1. The Morgan fingerprint density at radius 2 is 1.81 bits per heavy atom. The molecule has 0 saturated carbocycles. The van der Waals surface area contributed by atoms with Crippen molar-refractivity contribution >= 4 is 17.7 Å². The van der Waals surface area contributed by atoms with Crippen molar-refractivity contribution in [3.8, 4) is 5.69 Å². The van der Waals surface area contributed by atoms with Crippen LogP contribution in [0.25, 0.3) is 5.69 Å². The van der Waals surface area contributed by atoms with E-state index in [0.29, 0.717) is 5.16 Å². The molecule has 0 saturated heterocycles. The zero-order chi connectivity index (χ0) is 18.7. The lowest BCUT2D eigenvalue weighted by Gasteiger charge is -2.20. The fourth-order valence-corrected chi connectivity index (χ4v) is 3.73. The molecule has 26 heavy (non-hydrogen) atoms. The number of carbonyl (C=O) groups excluding carboxylic acids is 1. The van der Waals surface area contributed by atoms with Crippen LogP contribution in [0.2, 0.25) is 0 Å². The van der Waals surface area contributed by atoms with Crippen LogP contribution < -0.4 is 0 Å². The highest BCUT2D eigenvalue weighted by Crippen LogP contribution is 2.36. The minimum Gasteiger partial charge on any atom is -0.348 e. The molecule has 0 aliphatic rings. The van der Waals surface area contributed by atoms with Crippen LogP contribution in [0, 0.1) is 13.8 Å². The first-order valence-electron chi connectivity index (χ1n) is 8.26. The third-order valence-corrected chi connectivity index (χ3v) is 5.41. The number of hydrogen-bond donors (Lipinski definition) is 0. The number of tetrazole rings is 1. The van der Waals surface area contributed by atoms with Gasteiger partial charge in [0.2, 0.25) is 11.1 Å². The summed E-state index contributed by atoms with van der Waals surface area (Å²) in [6.45, 7) is 4.10. The molecule has 0 aliphatic carbocycles. The summed E-state index contributed by atoms with van der Waals surface area (Å²) in [6, 6.07) is 15.7. The molecule has 1 aromatic heterocycles. The molecule has 1 unspecified atom stereocenters. The maximum absolute atomic E-state index is 12.8. The molecule has 3 aromatic rings. The van der Waals surface area contributed by atoms with Crippen LogP contribution >= 0.6 is 11.8 Å². The summed E-state index contributed by atoms with van der Waals surface area (Å²) in [5, 5.41) is 12.3. The van der Waals surface area contributed by atoms with Crippen LogP contribution in [-0.4, -0.2) is 45.1 Å². The highest BCUT2D eigenvalue weighted by atomic mass is 32.2. The first kappa shape index (κ1) is 18.1. The van der Waals surface area contributed by atoms with Gasteiger partial charge in [-0.15, -0.1) is 5.10 Å². The van der Waals surface area contributed by atoms with Crippen LogP contribution in [0.4, 0.5) is 0 Å². The number of thioether (sulfide) groups is 1. The topological polar surface area (TPSA) is 63.9 Å². The predicted octanol–water partition coefficient (Wildman–Crippen LogP) is 3.20. The maximum Gasteiger partial charge on any atom is 0.240 e. The van der Waals surface area contributed by atoms with Gasteiger partial charge in [0, 0.05) is 14.1 Å². The lowest BCUT2D eigenvalue weighted by molar-refractivity contribution is -0.128. The van der Waals surface area contributed by atoms with E-state index in [1.54, 1.807) is 23.7 Å². The summed E-state index contributed by atoms with van der Waals surface area (Å²) in [5.74, 6) is -0.00304. The SMILES string of the molecule is Cc1cccc(-n2nnnc2SC(C(=O)N(C)C)c2ccccc2)c1C. The molecule has 0 N–H and O–H groups in total. The average molecular weight is 367 g/mol. The minimum atomic E-state index is -0.416. The molecule has 0 aliphatic heterocycles. The zero-order valence-corrected chi connectivity index (χ0v) is 16.1. The Kier molecular flexibility index (Phi) is 5.37. The van der Waals surface area contributed by atoms with Crippen LogP contribution in [-0.2, 0) is 4.79 Å². The molecule has 3 rings (SSSR count). The van der Waals surface area contributed by atoms with Gasteiger partial charge in [-0.1, -0.05) is 54.2 Å². The molecule has 134 valence electrons. The van der Waals surface area contributed by atoms with E-state index >= 15 is 0 Å². The summed E-state index contributed by atoms with van der Waals surface area (Å²) in [4.78, 5) is 14.4. The summed E-state index contributed by atoms with van der Waals surface area (Å²) in [6.07, 6.45) is 0. The van der Waals surface area contributed by atoms with Gasteiger partial charge in [0.25, 0.3) is 0 Å². The normalized spacial score (nSPS) is 12.0. The smallest absolute Gasteiger partial charge is 0.240 e. The molecule has 1 amide bonds. The number of carbonyl (C=O) groups is 1. The van der Waals surface area contributed by atoms with E-state index in [1.165, 1.54) is 11.8 Å². The summed E-state index contributed by atoms with van der Waals surface area (Å²) < 4.78 is 1.70. The predicted molar refractivity (Wildman–Crippen MR) is 102 cm³/mol. The van der Waals surface area contributed by atoms with Gasteiger partial charge in [-0.25, -0.2) is 0 Å². The highest BCUT2D eigenvalue weighted by Gasteiger charge is 2.26. The van der Waals surface area contributed by atoms with E-state index in [9.17, 15) is 4.79 Å². The third-order valence-electron chi connectivity index (χ3n) is 4.24. The van der Waals surface area contributed by atoms with Crippen molar-refractivity contribution in [3.63, 3.8) is 0 Å². The zero-order valence-electron chi connectivity index (χ0n) is 15.2. The van der Waals surface area contributed by atoms with Crippen molar-refractivity contribution in [3.05, 3.63) is 65.2 Å². The number of benzene rings is 2. The molecular weight excluding hydrogens is 346 g/mol. The Bertz CT molecular complexity index is 907. The molecule has 7 heteroatoms. The Labute approximate surface area is 157 Å². The van der Waals surface area contributed by atoms with Gasteiger partial charge in [-0.2, -0.15) is 4.68 Å². The van der Waals surface area contributed by atoms with E-state index in [0.717, 1.165) is 22.4 Å². The Morgan fingerprint density at radius 3 is 2.50 bits per heavy atom. The van der Waals surface area contributed by atoms with E-state index in [2.05, 4.69) is 28.5 Å². The highest BCUT2D eigenvalue weighted by molar-refractivity contribution is 8.00. The molecule has 6 nitrogen and oxygen atoms in total. The van der Waals surface area contributed by atoms with Crippen molar-refractivity contribution in [1.82, 2.24) is 25.1 Å². The van der Waals surface area contributed by atoms with Crippen LogP contribution in [0.1, 0.15) is 21.9 Å². The Morgan fingerprint density at radius 1 is 1.08 bits per heavy atom. The van der Waals surface area contributed by atoms with Gasteiger partial charge in [0.1, 0.15) is 5.25 Å². The van der Waals surface area contributed by atoms with Crippen molar-refractivity contribution in [1.29, 1.82) is 0 Å². The van der Waals surface area contributed by atoms with Crippen molar-refractivity contribution in [2.24, 2.45) is 0 Å². The standard InChI is InChI=1S/C19H21N5OS/c1-13-9-8-12-16(14(13)2)24-19(20-21-22-24)26-17(18(25)23(3)4)15-10-6-5-7-11-15/h5-12,17H,1-4H3. The lowest BCUT2D eigenvalue weighted by atomic mass is 10.1. The fraction of sp³-hybridized carbons (Fsp3) is 0.263. The van der Waals surface area contributed by atoms with E-state index in [4.69, 9.17) is 0 Å². The fourth-order valence-electron chi connectivity index (χ4n) is 2.60. The quantitative estimate of drug-likeness (QED) is 0.648. The number of hydrogen-bond acceptors (Lipinski definition) is 5. The largest absolute Gasteiger partial charge is 0.348 e. The summed E-state index contributed by atoms with van der Waals surface area (Å²) in [5.41, 5.74) is 4.11. The molecular formula is C19H21N5OS. The second kappa shape index (κ2) is 7.70. The van der Waals surface area contributed by atoms with Gasteiger partial charge >= 0.3 is 0 Å². The van der Waals surface area contributed by atoms with Crippen molar-refractivity contribution in [2.45, 2.75) is 24.3 Å². The number of rotatable bonds is 5. The molecule has 2 aromatic carbocycles. The van der Waals surface area contributed by atoms with Crippen LogP contribution in [0.15, 0.2) is 53.7 Å². The first-order chi connectivity index (χ1) is 12.5. The molecule has 0 fully saturated rings. The van der Waals surface area contributed by atoms with Gasteiger partial charge < -0.3 is 4.90 Å². The van der Waals surface area contributed by atoms with E-state index in [-0.39, 0.29) is 5.91 Å². The van der Waals surface area contributed by atoms with Crippen molar-refractivity contribution in [2.75, 3.05) is 14.1 Å².